The van der Waals surface area contributed by atoms with Crippen molar-refractivity contribution in [1.29, 1.82) is 0 Å². The zero-order valence-electron chi connectivity index (χ0n) is 11.3. The van der Waals surface area contributed by atoms with Gasteiger partial charge in [0.25, 0.3) is 5.69 Å². The molecule has 0 amide bonds. The van der Waals surface area contributed by atoms with Crippen molar-refractivity contribution in [1.82, 2.24) is 4.90 Å². The van der Waals surface area contributed by atoms with Gasteiger partial charge in [-0.1, -0.05) is 19.1 Å². The van der Waals surface area contributed by atoms with Crippen LogP contribution in [0.4, 0.5) is 5.69 Å². The fourth-order valence-electron chi connectivity index (χ4n) is 1.85. The van der Waals surface area contributed by atoms with Crippen molar-refractivity contribution in [3.63, 3.8) is 0 Å². The number of carboxylic acid groups (broad SMARTS) is 1. The van der Waals surface area contributed by atoms with Crippen LogP contribution in [0.5, 0.6) is 0 Å². The summed E-state index contributed by atoms with van der Waals surface area (Å²) in [4.78, 5) is 23.4. The fourth-order valence-corrected chi connectivity index (χ4v) is 1.85. The van der Waals surface area contributed by atoms with Crippen LogP contribution in [-0.4, -0.2) is 34.0 Å². The fraction of sp³-hybridized carbons (Fsp3) is 0.462. The summed E-state index contributed by atoms with van der Waals surface area (Å²) in [5.74, 6) is -1.26. The first kappa shape index (κ1) is 15.1. The third-order valence-corrected chi connectivity index (χ3v) is 3.30. The molecule has 0 saturated carbocycles. The molecule has 6 nitrogen and oxygen atoms in total. The summed E-state index contributed by atoms with van der Waals surface area (Å²) < 4.78 is 0. The van der Waals surface area contributed by atoms with Gasteiger partial charge in [0, 0.05) is 18.7 Å². The molecule has 0 heterocycles. The molecular weight excluding hydrogens is 248 g/mol. The van der Waals surface area contributed by atoms with Crippen molar-refractivity contribution in [3.8, 4) is 0 Å². The van der Waals surface area contributed by atoms with Crippen molar-refractivity contribution in [3.05, 3.63) is 39.4 Å². The summed E-state index contributed by atoms with van der Waals surface area (Å²) >= 11 is 0. The summed E-state index contributed by atoms with van der Waals surface area (Å²) in [6.45, 7) is 4.43. The predicted octanol–water partition coefficient (Wildman–Crippen LogP) is 2.52. The molecule has 0 radical (unpaired) electrons. The van der Waals surface area contributed by atoms with Crippen LogP contribution in [0, 0.1) is 10.1 Å². The molecule has 1 unspecified atom stereocenters. The van der Waals surface area contributed by atoms with Crippen molar-refractivity contribution in [2.45, 2.75) is 32.9 Å². The maximum absolute atomic E-state index is 11.2. The Balaban J connectivity index is 3.17. The van der Waals surface area contributed by atoms with Crippen molar-refractivity contribution < 1.29 is 14.8 Å². The zero-order valence-corrected chi connectivity index (χ0v) is 11.3. The molecule has 0 aliphatic carbocycles. The molecule has 0 bridgehead atoms. The monoisotopic (exact) mass is 266 g/mol. The highest BCUT2D eigenvalue weighted by Gasteiger charge is 2.24. The molecule has 19 heavy (non-hydrogen) atoms. The van der Waals surface area contributed by atoms with E-state index >= 15 is 0 Å². The number of hydrogen-bond donors (Lipinski definition) is 1. The van der Waals surface area contributed by atoms with Gasteiger partial charge >= 0.3 is 5.97 Å². The number of nitro benzene ring substituents is 1. The Kier molecular flexibility index (Phi) is 5.00. The van der Waals surface area contributed by atoms with E-state index in [9.17, 15) is 20.0 Å². The molecular formula is C13H18N2O4. The number of carbonyl (C=O) groups is 1. The van der Waals surface area contributed by atoms with Crippen LogP contribution in [0.3, 0.4) is 0 Å². The minimum Gasteiger partial charge on any atom is -0.477 e. The van der Waals surface area contributed by atoms with Crippen LogP contribution in [0.25, 0.3) is 0 Å². The molecule has 1 aromatic carbocycles. The molecule has 1 rings (SSSR count). The summed E-state index contributed by atoms with van der Waals surface area (Å²) in [5, 5.41) is 20.1. The van der Waals surface area contributed by atoms with Gasteiger partial charge in [0.2, 0.25) is 0 Å². The molecule has 1 atom stereocenters. The van der Waals surface area contributed by atoms with Gasteiger partial charge in [-0.15, -0.1) is 0 Å². The first-order chi connectivity index (χ1) is 8.88. The van der Waals surface area contributed by atoms with Gasteiger partial charge in [-0.2, -0.15) is 0 Å². The Morgan fingerprint density at radius 3 is 2.63 bits per heavy atom. The number of benzene rings is 1. The van der Waals surface area contributed by atoms with E-state index < -0.39 is 10.9 Å². The number of nitrogens with zero attached hydrogens (tertiary/aromatic N) is 2. The highest BCUT2D eigenvalue weighted by atomic mass is 16.6. The van der Waals surface area contributed by atoms with Gasteiger partial charge in [0.05, 0.1) is 4.92 Å². The molecule has 104 valence electrons. The van der Waals surface area contributed by atoms with Gasteiger partial charge in [-0.3, -0.25) is 15.0 Å². The normalized spacial score (nSPS) is 12.4. The topological polar surface area (TPSA) is 83.7 Å². The molecule has 1 aromatic rings. The van der Waals surface area contributed by atoms with Crippen LogP contribution in [0.15, 0.2) is 18.2 Å². The van der Waals surface area contributed by atoms with E-state index in [1.165, 1.54) is 12.1 Å². The maximum Gasteiger partial charge on any atom is 0.343 e. The molecule has 1 N–H and O–H groups in total. The van der Waals surface area contributed by atoms with E-state index in [0.717, 1.165) is 6.42 Å². The Labute approximate surface area is 111 Å². The molecule has 0 fully saturated rings. The molecule has 0 aromatic heterocycles. The first-order valence-electron chi connectivity index (χ1n) is 6.08. The lowest BCUT2D eigenvalue weighted by Crippen LogP contribution is -2.28. The van der Waals surface area contributed by atoms with Crippen molar-refractivity contribution >= 4 is 11.7 Å². The second-order valence-electron chi connectivity index (χ2n) is 4.55. The standard InChI is InChI=1S/C13H18N2O4/c1-4-9(2)14(3)8-10-6-5-7-11(15(18)19)12(10)13(16)17/h5-7,9H,4,8H2,1-3H3,(H,16,17). The van der Waals surface area contributed by atoms with E-state index in [2.05, 4.69) is 0 Å². The van der Waals surface area contributed by atoms with Crippen molar-refractivity contribution in [2.24, 2.45) is 0 Å². The Hall–Kier alpha value is -1.95. The summed E-state index contributed by atoms with van der Waals surface area (Å²) in [6.07, 6.45) is 0.924. The summed E-state index contributed by atoms with van der Waals surface area (Å²) in [7, 11) is 1.87. The summed E-state index contributed by atoms with van der Waals surface area (Å²) in [5.41, 5.74) is -0.116. The van der Waals surface area contributed by atoms with Gasteiger partial charge in [0.15, 0.2) is 0 Å². The number of nitro groups is 1. The molecule has 0 aliphatic heterocycles. The molecule has 6 heteroatoms. The van der Waals surface area contributed by atoms with Gasteiger partial charge in [0.1, 0.15) is 5.56 Å². The Bertz CT molecular complexity index is 488. The maximum atomic E-state index is 11.2. The summed E-state index contributed by atoms with van der Waals surface area (Å²) in [6, 6.07) is 4.64. The van der Waals surface area contributed by atoms with Crippen LogP contribution in [0.2, 0.25) is 0 Å². The van der Waals surface area contributed by atoms with E-state index in [-0.39, 0.29) is 17.3 Å². The van der Waals surface area contributed by atoms with Gasteiger partial charge in [-0.25, -0.2) is 4.79 Å². The van der Waals surface area contributed by atoms with Gasteiger partial charge in [-0.05, 0) is 26.0 Å². The van der Waals surface area contributed by atoms with E-state index in [1.54, 1.807) is 6.07 Å². The average Bonchev–Trinajstić information content (AvgIpc) is 2.36. The molecule has 0 saturated heterocycles. The first-order valence-corrected chi connectivity index (χ1v) is 6.08. The van der Waals surface area contributed by atoms with Crippen LogP contribution in [0.1, 0.15) is 36.2 Å². The number of hydrogen-bond acceptors (Lipinski definition) is 4. The minimum atomic E-state index is -1.26. The minimum absolute atomic E-state index is 0.220. The number of rotatable bonds is 6. The number of aromatic carboxylic acids is 1. The highest BCUT2D eigenvalue weighted by Crippen LogP contribution is 2.24. The molecule has 0 spiro atoms. The quantitative estimate of drug-likeness (QED) is 0.631. The Morgan fingerprint density at radius 2 is 2.16 bits per heavy atom. The molecule has 0 aliphatic rings. The smallest absolute Gasteiger partial charge is 0.343 e. The van der Waals surface area contributed by atoms with E-state index in [1.807, 2.05) is 25.8 Å². The predicted molar refractivity (Wildman–Crippen MR) is 71.3 cm³/mol. The third kappa shape index (κ3) is 3.51. The Morgan fingerprint density at radius 1 is 1.53 bits per heavy atom. The van der Waals surface area contributed by atoms with Crippen LogP contribution >= 0.6 is 0 Å². The lowest BCUT2D eigenvalue weighted by atomic mass is 10.0. The van der Waals surface area contributed by atoms with E-state index in [0.29, 0.717) is 12.1 Å². The highest BCUT2D eigenvalue weighted by molar-refractivity contribution is 5.94. The van der Waals surface area contributed by atoms with Crippen LogP contribution in [-0.2, 0) is 6.54 Å². The SMILES string of the molecule is CCC(C)N(C)Cc1cccc([N+](=O)[O-])c1C(=O)O. The third-order valence-electron chi connectivity index (χ3n) is 3.30. The van der Waals surface area contributed by atoms with E-state index in [4.69, 9.17) is 0 Å². The average molecular weight is 266 g/mol. The zero-order chi connectivity index (χ0) is 14.6. The lowest BCUT2D eigenvalue weighted by Gasteiger charge is -2.24. The van der Waals surface area contributed by atoms with Crippen LogP contribution < -0.4 is 0 Å². The second-order valence-corrected chi connectivity index (χ2v) is 4.55. The largest absolute Gasteiger partial charge is 0.477 e. The second kappa shape index (κ2) is 6.29. The number of carboxylic acids is 1. The van der Waals surface area contributed by atoms with Crippen molar-refractivity contribution in [2.75, 3.05) is 7.05 Å². The van der Waals surface area contributed by atoms with Gasteiger partial charge < -0.3 is 5.11 Å². The lowest BCUT2D eigenvalue weighted by molar-refractivity contribution is -0.385.